The minimum absolute atomic E-state index is 0. The van der Waals surface area contributed by atoms with Crippen LogP contribution in [0.15, 0.2) is 35.2 Å². The number of rotatable bonds is 5. The van der Waals surface area contributed by atoms with Crippen LogP contribution >= 0.6 is 12.4 Å². The minimum atomic E-state index is -3.63. The first kappa shape index (κ1) is 19.2. The highest BCUT2D eigenvalue weighted by atomic mass is 35.5. The zero-order chi connectivity index (χ0) is 16.3. The number of benzene rings is 1. The Morgan fingerprint density at radius 1 is 1.21 bits per heavy atom. The predicted molar refractivity (Wildman–Crippen MR) is 94.6 cm³/mol. The van der Waals surface area contributed by atoms with Crippen LogP contribution < -0.4 is 10.6 Å². The predicted octanol–water partition coefficient (Wildman–Crippen LogP) is 0.987. The van der Waals surface area contributed by atoms with Crippen LogP contribution in [0.1, 0.15) is 19.3 Å². The second kappa shape index (κ2) is 8.29. The number of amides is 1. The van der Waals surface area contributed by atoms with Gasteiger partial charge in [-0.1, -0.05) is 24.6 Å². The molecule has 0 spiro atoms. The summed E-state index contributed by atoms with van der Waals surface area (Å²) in [5.74, 6) is 0.290. The molecule has 0 bridgehead atoms. The standard InChI is InChI=1S/C16H23N3O3S.ClH/c20-16(18-12-13-10-17-11-13)15-8-4-5-9-19(15)23(21,22)14-6-2-1-3-7-14;/h1-3,6-7,13,15,17H,4-5,8-12H2,(H,18,20);1H. The summed E-state index contributed by atoms with van der Waals surface area (Å²) in [6.45, 7) is 2.84. The Hall–Kier alpha value is -1.15. The maximum atomic E-state index is 12.8. The lowest BCUT2D eigenvalue weighted by atomic mass is 10.0. The minimum Gasteiger partial charge on any atom is -0.354 e. The fraction of sp³-hybridized carbons (Fsp3) is 0.562. The van der Waals surface area contributed by atoms with Gasteiger partial charge in [0.15, 0.2) is 0 Å². The van der Waals surface area contributed by atoms with Crippen molar-refractivity contribution < 1.29 is 13.2 Å². The molecule has 1 amide bonds. The van der Waals surface area contributed by atoms with Gasteiger partial charge >= 0.3 is 0 Å². The van der Waals surface area contributed by atoms with Crippen molar-refractivity contribution in [1.82, 2.24) is 14.9 Å². The van der Waals surface area contributed by atoms with Gasteiger partial charge in [-0.25, -0.2) is 8.42 Å². The third-order valence-corrected chi connectivity index (χ3v) is 6.46. The van der Waals surface area contributed by atoms with Crippen molar-refractivity contribution in [2.75, 3.05) is 26.2 Å². The van der Waals surface area contributed by atoms with Crippen molar-refractivity contribution in [2.24, 2.45) is 5.92 Å². The van der Waals surface area contributed by atoms with E-state index in [0.29, 0.717) is 25.4 Å². The van der Waals surface area contributed by atoms with Crippen molar-refractivity contribution in [3.63, 3.8) is 0 Å². The first-order chi connectivity index (χ1) is 11.1. The third kappa shape index (κ3) is 4.08. The summed E-state index contributed by atoms with van der Waals surface area (Å²) < 4.78 is 27.1. The average molecular weight is 374 g/mol. The van der Waals surface area contributed by atoms with Crippen molar-refractivity contribution in [1.29, 1.82) is 0 Å². The Labute approximate surface area is 149 Å². The monoisotopic (exact) mass is 373 g/mol. The molecule has 6 nitrogen and oxygen atoms in total. The van der Waals surface area contributed by atoms with Gasteiger partial charge in [-0.15, -0.1) is 12.4 Å². The molecule has 2 aliphatic rings. The number of carbonyl (C=O) groups excluding carboxylic acids is 1. The van der Waals surface area contributed by atoms with E-state index in [0.717, 1.165) is 25.9 Å². The zero-order valence-corrected chi connectivity index (χ0v) is 15.1. The Bertz CT molecular complexity index is 650. The summed E-state index contributed by atoms with van der Waals surface area (Å²) in [7, 11) is -3.63. The highest BCUT2D eigenvalue weighted by Gasteiger charge is 2.37. The van der Waals surface area contributed by atoms with E-state index in [-0.39, 0.29) is 23.2 Å². The van der Waals surface area contributed by atoms with Gasteiger partial charge in [0, 0.05) is 32.1 Å². The molecule has 1 atom stereocenters. The quantitative estimate of drug-likeness (QED) is 0.806. The van der Waals surface area contributed by atoms with Gasteiger partial charge in [-0.05, 0) is 25.0 Å². The average Bonchev–Trinajstić information content (AvgIpc) is 2.54. The summed E-state index contributed by atoms with van der Waals surface area (Å²) >= 11 is 0. The smallest absolute Gasteiger partial charge is 0.243 e. The van der Waals surface area contributed by atoms with E-state index in [1.807, 2.05) is 0 Å². The SMILES string of the molecule is Cl.O=C(NCC1CNC1)C1CCCCN1S(=O)(=O)c1ccccc1. The molecular formula is C16H24ClN3O3S. The number of hydrogen-bond donors (Lipinski definition) is 2. The van der Waals surface area contributed by atoms with Crippen LogP contribution in [0, 0.1) is 5.92 Å². The number of hydrogen-bond acceptors (Lipinski definition) is 4. The normalized spacial score (nSPS) is 22.2. The first-order valence-electron chi connectivity index (χ1n) is 8.14. The number of sulfonamides is 1. The van der Waals surface area contributed by atoms with Crippen LogP contribution in [0.3, 0.4) is 0 Å². The van der Waals surface area contributed by atoms with Gasteiger partial charge in [0.1, 0.15) is 6.04 Å². The number of halogens is 1. The van der Waals surface area contributed by atoms with Crippen LogP contribution in [0.25, 0.3) is 0 Å². The number of nitrogens with zero attached hydrogens (tertiary/aromatic N) is 1. The van der Waals surface area contributed by atoms with Crippen molar-refractivity contribution in [3.8, 4) is 0 Å². The van der Waals surface area contributed by atoms with Gasteiger partial charge in [0.25, 0.3) is 0 Å². The molecule has 0 saturated carbocycles. The lowest BCUT2D eigenvalue weighted by Crippen LogP contribution is -2.54. The summed E-state index contributed by atoms with van der Waals surface area (Å²) in [6, 6.07) is 7.76. The molecule has 1 aromatic carbocycles. The van der Waals surface area contributed by atoms with E-state index in [1.165, 1.54) is 4.31 Å². The van der Waals surface area contributed by atoms with Crippen LogP contribution in [-0.4, -0.2) is 50.9 Å². The van der Waals surface area contributed by atoms with Gasteiger partial charge in [-0.2, -0.15) is 4.31 Å². The second-order valence-corrected chi connectivity index (χ2v) is 8.10. The zero-order valence-electron chi connectivity index (χ0n) is 13.5. The maximum absolute atomic E-state index is 12.8. The first-order valence-corrected chi connectivity index (χ1v) is 9.58. The fourth-order valence-electron chi connectivity index (χ4n) is 3.04. The molecule has 1 aromatic rings. The largest absolute Gasteiger partial charge is 0.354 e. The lowest BCUT2D eigenvalue weighted by molar-refractivity contribution is -0.125. The topological polar surface area (TPSA) is 78.5 Å². The molecule has 2 heterocycles. The summed E-state index contributed by atoms with van der Waals surface area (Å²) in [5.41, 5.74) is 0. The summed E-state index contributed by atoms with van der Waals surface area (Å²) in [5, 5.41) is 6.08. The molecule has 2 saturated heterocycles. The molecule has 1 unspecified atom stereocenters. The molecular weight excluding hydrogens is 350 g/mol. The second-order valence-electron chi connectivity index (χ2n) is 6.21. The van der Waals surface area contributed by atoms with E-state index in [4.69, 9.17) is 0 Å². The van der Waals surface area contributed by atoms with Crippen LogP contribution in [-0.2, 0) is 14.8 Å². The molecule has 2 aliphatic heterocycles. The van der Waals surface area contributed by atoms with E-state index in [9.17, 15) is 13.2 Å². The van der Waals surface area contributed by atoms with Gasteiger partial charge in [0.2, 0.25) is 15.9 Å². The molecule has 8 heteroatoms. The fourth-order valence-corrected chi connectivity index (χ4v) is 4.72. The van der Waals surface area contributed by atoms with Gasteiger partial charge in [0.05, 0.1) is 4.90 Å². The number of piperidine rings is 1. The van der Waals surface area contributed by atoms with E-state index in [2.05, 4.69) is 10.6 Å². The van der Waals surface area contributed by atoms with Crippen LogP contribution in [0.4, 0.5) is 0 Å². The van der Waals surface area contributed by atoms with E-state index >= 15 is 0 Å². The Morgan fingerprint density at radius 2 is 1.92 bits per heavy atom. The summed E-state index contributed by atoms with van der Waals surface area (Å²) in [4.78, 5) is 12.7. The molecule has 134 valence electrons. The van der Waals surface area contributed by atoms with Gasteiger partial charge < -0.3 is 10.6 Å². The third-order valence-electron chi connectivity index (χ3n) is 4.54. The summed E-state index contributed by atoms with van der Waals surface area (Å²) in [6.07, 6.45) is 2.26. The molecule has 2 fully saturated rings. The Balaban J connectivity index is 0.00000208. The Kier molecular flexibility index (Phi) is 6.62. The molecule has 0 aliphatic carbocycles. The molecule has 3 rings (SSSR count). The highest BCUT2D eigenvalue weighted by Crippen LogP contribution is 2.25. The molecule has 24 heavy (non-hydrogen) atoms. The lowest BCUT2D eigenvalue weighted by Gasteiger charge is -2.34. The van der Waals surface area contributed by atoms with Crippen molar-refractivity contribution in [3.05, 3.63) is 30.3 Å². The van der Waals surface area contributed by atoms with Crippen LogP contribution in [0.2, 0.25) is 0 Å². The van der Waals surface area contributed by atoms with Crippen molar-refractivity contribution >= 4 is 28.3 Å². The molecule has 2 N–H and O–H groups in total. The number of carbonyl (C=O) groups is 1. The molecule has 0 radical (unpaired) electrons. The van der Waals surface area contributed by atoms with Gasteiger partial charge in [-0.3, -0.25) is 4.79 Å². The van der Waals surface area contributed by atoms with Crippen molar-refractivity contribution in [2.45, 2.75) is 30.2 Å². The maximum Gasteiger partial charge on any atom is 0.243 e. The number of nitrogens with one attached hydrogen (secondary N) is 2. The Morgan fingerprint density at radius 3 is 2.54 bits per heavy atom. The highest BCUT2D eigenvalue weighted by molar-refractivity contribution is 7.89. The van der Waals surface area contributed by atoms with E-state index in [1.54, 1.807) is 30.3 Å². The van der Waals surface area contributed by atoms with Crippen LogP contribution in [0.5, 0.6) is 0 Å². The molecule has 0 aromatic heterocycles. The van der Waals surface area contributed by atoms with E-state index < -0.39 is 16.1 Å².